The third-order valence-electron chi connectivity index (χ3n) is 7.15. The Balaban J connectivity index is 1.38. The standard InChI is InChI=1S/C27H27B2N3O9S/c1-14(30-25(35)15-4-6-17-12-40-28(38)19(17)9-15)24(27(37)31-21(11-23(33)34)22-3-2-8-42-22)32-26(36)16-5-7-18-13-41-29(39)20(18)10-16/h2-10,14,21,24,38-39H,11-13H2,1H3,(H,30,35)(H,31,37)(H,32,36)(H,33,34)/t14-,21-,24-/m0/s1. The molecule has 0 saturated carbocycles. The Hall–Kier alpha value is -4.01. The number of carboxylic acids is 1. The minimum atomic E-state index is -1.32. The summed E-state index contributed by atoms with van der Waals surface area (Å²) in [7, 11) is -2.33. The number of rotatable bonds is 10. The first kappa shape index (κ1) is 29.5. The second kappa shape index (κ2) is 12.5. The molecule has 3 heterocycles. The van der Waals surface area contributed by atoms with Gasteiger partial charge in [0.2, 0.25) is 5.91 Å². The van der Waals surface area contributed by atoms with E-state index in [0.29, 0.717) is 15.8 Å². The minimum Gasteiger partial charge on any atom is -0.481 e. The predicted molar refractivity (Wildman–Crippen MR) is 153 cm³/mol. The van der Waals surface area contributed by atoms with Gasteiger partial charge in [0.1, 0.15) is 6.04 Å². The number of fused-ring (bicyclic) bond motifs is 2. The van der Waals surface area contributed by atoms with Gasteiger partial charge in [-0.05, 0) is 64.7 Å². The van der Waals surface area contributed by atoms with Crippen molar-refractivity contribution in [3.05, 3.63) is 81.0 Å². The van der Waals surface area contributed by atoms with Crippen LogP contribution in [0.4, 0.5) is 0 Å². The number of nitrogens with one attached hydrogen (secondary N) is 3. The predicted octanol–water partition coefficient (Wildman–Crippen LogP) is -0.567. The first-order valence-electron chi connectivity index (χ1n) is 13.1. The number of thiophene rings is 1. The van der Waals surface area contributed by atoms with Crippen LogP contribution in [0.3, 0.4) is 0 Å². The lowest BCUT2D eigenvalue weighted by atomic mass is 9.78. The van der Waals surface area contributed by atoms with Gasteiger partial charge in [-0.2, -0.15) is 0 Å². The second-order valence-corrected chi connectivity index (χ2v) is 11.0. The monoisotopic (exact) mass is 591 g/mol. The summed E-state index contributed by atoms with van der Waals surface area (Å²) in [5, 5.41) is 39.3. The van der Waals surface area contributed by atoms with Crippen LogP contribution in [0.15, 0.2) is 53.9 Å². The highest BCUT2D eigenvalue weighted by molar-refractivity contribution is 7.10. The molecule has 0 bridgehead atoms. The Labute approximate surface area is 245 Å². The average Bonchev–Trinajstić information content (AvgIpc) is 3.71. The van der Waals surface area contributed by atoms with Gasteiger partial charge in [-0.15, -0.1) is 11.3 Å². The molecule has 3 atom stereocenters. The molecule has 42 heavy (non-hydrogen) atoms. The molecule has 216 valence electrons. The summed E-state index contributed by atoms with van der Waals surface area (Å²) in [6.45, 7) is 1.95. The van der Waals surface area contributed by atoms with Crippen molar-refractivity contribution in [2.75, 3.05) is 0 Å². The highest BCUT2D eigenvalue weighted by atomic mass is 32.1. The maximum Gasteiger partial charge on any atom is 0.491 e. The average molecular weight is 591 g/mol. The smallest absolute Gasteiger partial charge is 0.481 e. The largest absolute Gasteiger partial charge is 0.491 e. The molecule has 0 radical (unpaired) electrons. The molecule has 0 saturated heterocycles. The maximum absolute atomic E-state index is 13.6. The van der Waals surface area contributed by atoms with Crippen molar-refractivity contribution >= 4 is 60.2 Å². The van der Waals surface area contributed by atoms with Crippen LogP contribution in [0.5, 0.6) is 0 Å². The number of carboxylic acid groups (broad SMARTS) is 1. The van der Waals surface area contributed by atoms with Crippen LogP contribution in [-0.4, -0.2) is 65.2 Å². The summed E-state index contributed by atoms with van der Waals surface area (Å²) in [5.41, 5.74) is 2.75. The van der Waals surface area contributed by atoms with E-state index in [4.69, 9.17) is 9.31 Å². The van der Waals surface area contributed by atoms with Crippen molar-refractivity contribution in [3.63, 3.8) is 0 Å². The zero-order valence-electron chi connectivity index (χ0n) is 22.4. The van der Waals surface area contributed by atoms with Gasteiger partial charge < -0.3 is 40.4 Å². The van der Waals surface area contributed by atoms with E-state index >= 15 is 0 Å². The SMILES string of the molecule is C[C@H](NC(=O)c1ccc2c(c1)B(O)OC2)[C@H](NC(=O)c1ccc2c(c1)B(O)OC2)C(=O)N[C@@H](CC(=O)O)c1cccs1. The minimum absolute atomic E-state index is 0.155. The van der Waals surface area contributed by atoms with Gasteiger partial charge in [0.15, 0.2) is 0 Å². The number of carbonyl (C=O) groups is 4. The second-order valence-electron chi connectivity index (χ2n) is 10.0. The van der Waals surface area contributed by atoms with Gasteiger partial charge in [0.05, 0.1) is 31.7 Å². The number of hydrogen-bond donors (Lipinski definition) is 6. The Morgan fingerprint density at radius 1 is 0.881 bits per heavy atom. The van der Waals surface area contributed by atoms with E-state index in [1.165, 1.54) is 36.5 Å². The maximum atomic E-state index is 13.6. The van der Waals surface area contributed by atoms with E-state index in [9.17, 15) is 34.3 Å². The van der Waals surface area contributed by atoms with E-state index < -0.39 is 62.5 Å². The Morgan fingerprint density at radius 2 is 1.45 bits per heavy atom. The molecule has 12 nitrogen and oxygen atoms in total. The summed E-state index contributed by atoms with van der Waals surface area (Å²) < 4.78 is 10.4. The highest BCUT2D eigenvalue weighted by Gasteiger charge is 2.34. The normalized spacial score (nSPS) is 15.8. The van der Waals surface area contributed by atoms with Crippen LogP contribution in [0.1, 0.15) is 56.1 Å². The molecular weight excluding hydrogens is 564 g/mol. The topological polar surface area (TPSA) is 184 Å². The molecule has 0 aliphatic carbocycles. The Kier molecular flexibility index (Phi) is 8.75. The molecule has 3 aromatic rings. The zero-order chi connectivity index (χ0) is 30.0. The summed E-state index contributed by atoms with van der Waals surface area (Å²) in [6.07, 6.45) is -0.393. The Bertz CT molecular complexity index is 1520. The first-order chi connectivity index (χ1) is 20.1. The van der Waals surface area contributed by atoms with Crippen molar-refractivity contribution in [2.45, 2.75) is 44.7 Å². The lowest BCUT2D eigenvalue weighted by Crippen LogP contribution is -2.58. The van der Waals surface area contributed by atoms with Crippen molar-refractivity contribution in [2.24, 2.45) is 0 Å². The van der Waals surface area contributed by atoms with Crippen LogP contribution >= 0.6 is 11.3 Å². The van der Waals surface area contributed by atoms with Crippen molar-refractivity contribution in [3.8, 4) is 0 Å². The van der Waals surface area contributed by atoms with Gasteiger partial charge in [-0.3, -0.25) is 19.2 Å². The fraction of sp³-hybridized carbons (Fsp3) is 0.259. The van der Waals surface area contributed by atoms with E-state index in [1.54, 1.807) is 35.7 Å². The fourth-order valence-corrected chi connectivity index (χ4v) is 5.65. The number of hydrogen-bond acceptors (Lipinski definition) is 9. The molecule has 0 spiro atoms. The van der Waals surface area contributed by atoms with E-state index in [2.05, 4.69) is 16.0 Å². The summed E-state index contributed by atoms with van der Waals surface area (Å²) in [6, 6.07) is 9.64. The number of carbonyl (C=O) groups excluding carboxylic acids is 3. The molecule has 2 aliphatic rings. The number of benzene rings is 2. The van der Waals surface area contributed by atoms with Gasteiger partial charge in [-0.25, -0.2) is 0 Å². The molecule has 1 aromatic heterocycles. The van der Waals surface area contributed by atoms with Crippen LogP contribution in [0, 0.1) is 0 Å². The van der Waals surface area contributed by atoms with Gasteiger partial charge in [-0.1, -0.05) is 18.2 Å². The lowest BCUT2D eigenvalue weighted by Gasteiger charge is -2.27. The van der Waals surface area contributed by atoms with Gasteiger partial charge in [0, 0.05) is 16.0 Å². The summed E-state index contributed by atoms with van der Waals surface area (Å²) >= 11 is 1.27. The summed E-state index contributed by atoms with van der Waals surface area (Å²) in [4.78, 5) is 52.3. The molecule has 2 aliphatic heterocycles. The number of aliphatic carboxylic acids is 1. The molecule has 3 amide bonds. The highest BCUT2D eigenvalue weighted by Crippen LogP contribution is 2.22. The number of amides is 3. The van der Waals surface area contributed by atoms with Crippen molar-refractivity contribution < 1.29 is 43.6 Å². The van der Waals surface area contributed by atoms with Crippen LogP contribution in [0.2, 0.25) is 0 Å². The molecule has 2 aromatic carbocycles. The van der Waals surface area contributed by atoms with E-state index in [-0.39, 0.29) is 24.3 Å². The van der Waals surface area contributed by atoms with Gasteiger partial charge >= 0.3 is 20.2 Å². The van der Waals surface area contributed by atoms with Crippen LogP contribution < -0.4 is 26.9 Å². The quantitative estimate of drug-likeness (QED) is 0.168. The van der Waals surface area contributed by atoms with E-state index in [0.717, 1.165) is 11.1 Å². The third kappa shape index (κ3) is 6.40. The van der Waals surface area contributed by atoms with Gasteiger partial charge in [0.25, 0.3) is 11.8 Å². The molecule has 0 unspecified atom stereocenters. The molecule has 0 fully saturated rings. The molecule has 5 rings (SSSR count). The third-order valence-corrected chi connectivity index (χ3v) is 8.14. The molecule has 6 N–H and O–H groups in total. The van der Waals surface area contributed by atoms with Crippen LogP contribution in [0.25, 0.3) is 0 Å². The van der Waals surface area contributed by atoms with Crippen molar-refractivity contribution in [1.29, 1.82) is 0 Å². The lowest BCUT2D eigenvalue weighted by molar-refractivity contribution is -0.137. The van der Waals surface area contributed by atoms with Crippen LogP contribution in [-0.2, 0) is 32.1 Å². The van der Waals surface area contributed by atoms with Crippen molar-refractivity contribution in [1.82, 2.24) is 16.0 Å². The zero-order valence-corrected chi connectivity index (χ0v) is 23.2. The summed E-state index contributed by atoms with van der Waals surface area (Å²) in [5.74, 6) is -3.05. The molecular formula is C27H27B2N3O9S. The van der Waals surface area contributed by atoms with E-state index in [1.807, 2.05) is 0 Å². The Morgan fingerprint density at radius 3 is 1.98 bits per heavy atom. The molecule has 15 heteroatoms. The first-order valence-corrected chi connectivity index (χ1v) is 14.0. The fourth-order valence-electron chi connectivity index (χ4n) is 4.88.